The van der Waals surface area contributed by atoms with Crippen molar-refractivity contribution in [2.24, 2.45) is 0 Å². The number of hydrogen-bond acceptors (Lipinski definition) is 5. The number of nitrogens with zero attached hydrogens (tertiary/aromatic N) is 2. The molecule has 2 heterocycles. The average molecular weight is 459 g/mol. The van der Waals surface area contributed by atoms with E-state index in [1.165, 1.54) is 14.7 Å². The smallest absolute Gasteiger partial charge is 0.264 e. The minimum Gasteiger partial charge on any atom is -0.379 e. The second kappa shape index (κ2) is 7.59. The highest BCUT2D eigenvalue weighted by atomic mass is 32.2. The van der Waals surface area contributed by atoms with Crippen molar-refractivity contribution < 1.29 is 21.6 Å². The molecule has 3 aromatic rings. The van der Waals surface area contributed by atoms with E-state index in [0.29, 0.717) is 43.8 Å². The van der Waals surface area contributed by atoms with Crippen LogP contribution in [0.1, 0.15) is 5.56 Å². The molecule has 0 bridgehead atoms. The summed E-state index contributed by atoms with van der Waals surface area (Å²) in [5.41, 5.74) is 1.26. The molecule has 0 aromatic heterocycles. The minimum absolute atomic E-state index is 0.192. The highest BCUT2D eigenvalue weighted by molar-refractivity contribution is 7.93. The van der Waals surface area contributed by atoms with Crippen molar-refractivity contribution in [3.8, 4) is 0 Å². The van der Waals surface area contributed by atoms with Gasteiger partial charge in [0.2, 0.25) is 10.0 Å². The molecular weight excluding hydrogens is 436 g/mol. The third-order valence-electron chi connectivity index (χ3n) is 5.83. The Labute approximate surface area is 182 Å². The van der Waals surface area contributed by atoms with E-state index in [1.807, 2.05) is 24.3 Å². The Hall–Kier alpha value is -2.46. The lowest BCUT2D eigenvalue weighted by Gasteiger charge is -2.26. The predicted octanol–water partition coefficient (Wildman–Crippen LogP) is 2.61. The number of rotatable bonds is 4. The van der Waals surface area contributed by atoms with Crippen molar-refractivity contribution >= 4 is 36.5 Å². The summed E-state index contributed by atoms with van der Waals surface area (Å²) in [5.74, 6) is 0. The first-order chi connectivity index (χ1) is 14.9. The zero-order valence-corrected chi connectivity index (χ0v) is 18.4. The summed E-state index contributed by atoms with van der Waals surface area (Å²) in [4.78, 5) is 0.445. The van der Waals surface area contributed by atoms with Crippen LogP contribution in [0.4, 0.5) is 5.69 Å². The van der Waals surface area contributed by atoms with Crippen LogP contribution in [0, 0.1) is 0 Å². The second-order valence-corrected chi connectivity index (χ2v) is 11.4. The summed E-state index contributed by atoms with van der Waals surface area (Å²) in [6.45, 7) is 1.67. The van der Waals surface area contributed by atoms with E-state index >= 15 is 0 Å². The van der Waals surface area contributed by atoms with Gasteiger partial charge in [-0.2, -0.15) is 4.31 Å². The SMILES string of the molecule is O=S(=O)(c1ccc2c(c1)CCN2S(=O)(=O)c1cccc2ccccc12)N1CCOCC1. The maximum Gasteiger partial charge on any atom is 0.264 e. The molecule has 0 radical (unpaired) electrons. The van der Waals surface area contributed by atoms with E-state index in [2.05, 4.69) is 0 Å². The molecule has 1 saturated heterocycles. The first-order valence-corrected chi connectivity index (χ1v) is 13.0. The van der Waals surface area contributed by atoms with Crippen LogP contribution >= 0.6 is 0 Å². The molecule has 2 aliphatic heterocycles. The van der Waals surface area contributed by atoms with Crippen molar-refractivity contribution in [2.45, 2.75) is 16.2 Å². The fourth-order valence-electron chi connectivity index (χ4n) is 4.23. The molecule has 0 spiro atoms. The lowest BCUT2D eigenvalue weighted by atomic mass is 10.1. The lowest BCUT2D eigenvalue weighted by Crippen LogP contribution is -2.40. The zero-order chi connectivity index (χ0) is 21.6. The van der Waals surface area contributed by atoms with Gasteiger partial charge in [0.25, 0.3) is 10.0 Å². The molecule has 5 rings (SSSR count). The number of sulfonamides is 2. The number of ether oxygens (including phenoxy) is 1. The molecule has 0 atom stereocenters. The van der Waals surface area contributed by atoms with E-state index in [1.54, 1.807) is 30.3 Å². The van der Waals surface area contributed by atoms with Crippen LogP contribution in [0.15, 0.2) is 70.5 Å². The highest BCUT2D eigenvalue weighted by Crippen LogP contribution is 2.36. The van der Waals surface area contributed by atoms with Gasteiger partial charge in [-0.3, -0.25) is 4.31 Å². The molecule has 0 aliphatic carbocycles. The quantitative estimate of drug-likeness (QED) is 0.600. The van der Waals surface area contributed by atoms with Gasteiger partial charge in [-0.25, -0.2) is 16.8 Å². The van der Waals surface area contributed by atoms with Gasteiger partial charge in [0.05, 0.1) is 28.7 Å². The molecule has 0 amide bonds. The fraction of sp³-hybridized carbons (Fsp3) is 0.273. The molecule has 162 valence electrons. The number of morpholine rings is 1. The molecule has 2 aliphatic rings. The lowest BCUT2D eigenvalue weighted by molar-refractivity contribution is 0.0730. The van der Waals surface area contributed by atoms with Crippen molar-refractivity contribution in [1.82, 2.24) is 4.31 Å². The van der Waals surface area contributed by atoms with Gasteiger partial charge in [0, 0.05) is 25.0 Å². The number of fused-ring (bicyclic) bond motifs is 2. The number of benzene rings is 3. The highest BCUT2D eigenvalue weighted by Gasteiger charge is 2.34. The summed E-state index contributed by atoms with van der Waals surface area (Å²) in [6.07, 6.45) is 0.464. The van der Waals surface area contributed by atoms with Crippen molar-refractivity contribution in [2.75, 3.05) is 37.2 Å². The largest absolute Gasteiger partial charge is 0.379 e. The second-order valence-electron chi connectivity index (χ2n) is 7.61. The van der Waals surface area contributed by atoms with E-state index in [4.69, 9.17) is 4.74 Å². The first-order valence-electron chi connectivity index (χ1n) is 10.1. The topological polar surface area (TPSA) is 84.0 Å². The van der Waals surface area contributed by atoms with Crippen LogP contribution in [-0.2, 0) is 31.2 Å². The Kier molecular flexibility index (Phi) is 5.01. The number of hydrogen-bond donors (Lipinski definition) is 0. The molecule has 0 N–H and O–H groups in total. The number of anilines is 1. The van der Waals surface area contributed by atoms with Crippen LogP contribution < -0.4 is 4.31 Å². The molecule has 0 saturated carbocycles. The van der Waals surface area contributed by atoms with Crippen LogP contribution in [0.5, 0.6) is 0 Å². The Morgan fingerprint density at radius 3 is 2.32 bits per heavy atom. The molecule has 9 heteroatoms. The maximum absolute atomic E-state index is 13.5. The maximum atomic E-state index is 13.5. The van der Waals surface area contributed by atoms with Gasteiger partial charge in [-0.15, -0.1) is 0 Å². The predicted molar refractivity (Wildman–Crippen MR) is 118 cm³/mol. The molecular formula is C22H22N2O5S2. The van der Waals surface area contributed by atoms with Gasteiger partial charge in [-0.05, 0) is 41.6 Å². The Morgan fingerprint density at radius 2 is 1.52 bits per heavy atom. The van der Waals surface area contributed by atoms with Crippen LogP contribution in [0.2, 0.25) is 0 Å². The standard InChI is InChI=1S/C22H22N2O5S2/c25-30(26,23-12-14-29-15-13-23)19-8-9-21-18(16-19)10-11-24(21)31(27,28)22-7-3-5-17-4-1-2-6-20(17)22/h1-9,16H,10-15H2. The monoisotopic (exact) mass is 458 g/mol. The third kappa shape index (κ3) is 3.41. The third-order valence-corrected chi connectivity index (χ3v) is 9.60. The Morgan fingerprint density at radius 1 is 0.774 bits per heavy atom. The molecule has 0 unspecified atom stereocenters. The van der Waals surface area contributed by atoms with E-state index in [9.17, 15) is 16.8 Å². The summed E-state index contributed by atoms with van der Waals surface area (Å²) in [6, 6.07) is 17.3. The van der Waals surface area contributed by atoms with Crippen molar-refractivity contribution in [3.63, 3.8) is 0 Å². The normalized spacial score (nSPS) is 17.7. The minimum atomic E-state index is -3.79. The van der Waals surface area contributed by atoms with Gasteiger partial charge >= 0.3 is 0 Å². The van der Waals surface area contributed by atoms with Crippen LogP contribution in [-0.4, -0.2) is 54.0 Å². The summed E-state index contributed by atoms with van der Waals surface area (Å²) < 4.78 is 61.0. The van der Waals surface area contributed by atoms with Gasteiger partial charge < -0.3 is 4.74 Å². The van der Waals surface area contributed by atoms with Crippen molar-refractivity contribution in [1.29, 1.82) is 0 Å². The molecule has 31 heavy (non-hydrogen) atoms. The first kappa shape index (κ1) is 20.4. The van der Waals surface area contributed by atoms with Gasteiger partial charge in [0.1, 0.15) is 0 Å². The Bertz CT molecular complexity index is 1360. The fourth-order valence-corrected chi connectivity index (χ4v) is 7.41. The van der Waals surface area contributed by atoms with E-state index in [0.717, 1.165) is 10.9 Å². The van der Waals surface area contributed by atoms with Crippen molar-refractivity contribution in [3.05, 3.63) is 66.2 Å². The summed E-state index contributed by atoms with van der Waals surface area (Å²) in [5, 5.41) is 1.53. The van der Waals surface area contributed by atoms with Gasteiger partial charge in [-0.1, -0.05) is 36.4 Å². The Balaban J connectivity index is 1.52. The molecule has 3 aromatic carbocycles. The zero-order valence-electron chi connectivity index (χ0n) is 16.8. The van der Waals surface area contributed by atoms with Crippen LogP contribution in [0.25, 0.3) is 10.8 Å². The molecule has 7 nitrogen and oxygen atoms in total. The van der Waals surface area contributed by atoms with Gasteiger partial charge in [0.15, 0.2) is 0 Å². The average Bonchev–Trinajstić information content (AvgIpc) is 3.23. The summed E-state index contributed by atoms with van der Waals surface area (Å²) >= 11 is 0. The molecule has 1 fully saturated rings. The van der Waals surface area contributed by atoms with Crippen LogP contribution in [0.3, 0.4) is 0 Å². The summed E-state index contributed by atoms with van der Waals surface area (Å²) in [7, 11) is -7.42. The van der Waals surface area contributed by atoms with E-state index < -0.39 is 20.0 Å². The van der Waals surface area contributed by atoms with E-state index in [-0.39, 0.29) is 16.3 Å².